The highest BCUT2D eigenvalue weighted by atomic mass is 35.5. The number of imidazole rings is 1. The number of halogens is 2. The Balaban J connectivity index is 1.53. The molecule has 8 heteroatoms. The number of benzene rings is 2. The molecular formula is C19H15Cl2N5O. The van der Waals surface area contributed by atoms with E-state index in [-0.39, 0.29) is 0 Å². The van der Waals surface area contributed by atoms with Crippen LogP contribution in [-0.4, -0.2) is 19.9 Å². The Morgan fingerprint density at radius 2 is 1.89 bits per heavy atom. The Labute approximate surface area is 165 Å². The van der Waals surface area contributed by atoms with Crippen molar-refractivity contribution in [1.29, 1.82) is 0 Å². The predicted molar refractivity (Wildman–Crippen MR) is 106 cm³/mol. The number of nitrogens with zero attached hydrogens (tertiary/aromatic N) is 3. The summed E-state index contributed by atoms with van der Waals surface area (Å²) in [5, 5.41) is 4.59. The molecular weight excluding hydrogens is 385 g/mol. The lowest BCUT2D eigenvalue weighted by Crippen LogP contribution is -2.06. The van der Waals surface area contributed by atoms with E-state index in [0.717, 1.165) is 22.4 Å². The van der Waals surface area contributed by atoms with E-state index in [4.69, 9.17) is 27.9 Å². The fraction of sp³-hybridized carbons (Fsp3) is 0.105. The Kier molecular flexibility index (Phi) is 5.09. The van der Waals surface area contributed by atoms with Crippen molar-refractivity contribution < 1.29 is 4.74 Å². The normalized spacial score (nSPS) is 10.9. The highest BCUT2D eigenvalue weighted by Crippen LogP contribution is 2.26. The third kappa shape index (κ3) is 3.97. The van der Waals surface area contributed by atoms with Crippen molar-refractivity contribution in [2.75, 3.05) is 5.32 Å². The largest absolute Gasteiger partial charge is 0.488 e. The average Bonchev–Trinajstić information content (AvgIpc) is 3.16. The molecule has 0 radical (unpaired) electrons. The first-order valence-corrected chi connectivity index (χ1v) is 8.99. The van der Waals surface area contributed by atoms with Gasteiger partial charge in [0.25, 0.3) is 0 Å². The molecule has 0 spiro atoms. The van der Waals surface area contributed by atoms with E-state index in [1.165, 1.54) is 6.33 Å². The summed E-state index contributed by atoms with van der Waals surface area (Å²) in [6, 6.07) is 13.1. The lowest BCUT2D eigenvalue weighted by Gasteiger charge is -2.14. The van der Waals surface area contributed by atoms with Crippen LogP contribution in [0.25, 0.3) is 11.2 Å². The van der Waals surface area contributed by atoms with E-state index in [1.54, 1.807) is 12.4 Å². The number of nitrogens with one attached hydrogen (secondary N) is 2. The molecule has 0 atom stereocenters. The first-order chi connectivity index (χ1) is 13.2. The second-order valence-electron chi connectivity index (χ2n) is 5.81. The predicted octanol–water partition coefficient (Wildman–Crippen LogP) is 4.85. The maximum atomic E-state index is 6.20. The average molecular weight is 400 g/mol. The van der Waals surface area contributed by atoms with Crippen LogP contribution >= 0.6 is 23.2 Å². The van der Waals surface area contributed by atoms with Crippen molar-refractivity contribution in [3.63, 3.8) is 0 Å². The molecule has 0 unspecified atom stereocenters. The van der Waals surface area contributed by atoms with E-state index in [2.05, 4.69) is 25.3 Å². The van der Waals surface area contributed by atoms with Gasteiger partial charge in [0, 0.05) is 27.7 Å². The summed E-state index contributed by atoms with van der Waals surface area (Å²) in [6.45, 7) is 0.843. The highest BCUT2D eigenvalue weighted by Gasteiger charge is 2.10. The van der Waals surface area contributed by atoms with Crippen LogP contribution in [0.4, 0.5) is 5.82 Å². The van der Waals surface area contributed by atoms with Crippen molar-refractivity contribution >= 4 is 40.2 Å². The van der Waals surface area contributed by atoms with Gasteiger partial charge in [-0.2, -0.15) is 0 Å². The van der Waals surface area contributed by atoms with Gasteiger partial charge < -0.3 is 15.0 Å². The summed E-state index contributed by atoms with van der Waals surface area (Å²) in [7, 11) is 0. The fourth-order valence-electron chi connectivity index (χ4n) is 2.68. The van der Waals surface area contributed by atoms with Gasteiger partial charge in [-0.25, -0.2) is 15.0 Å². The molecule has 0 saturated carbocycles. The van der Waals surface area contributed by atoms with Gasteiger partial charge in [0.15, 0.2) is 11.5 Å². The second-order valence-corrected chi connectivity index (χ2v) is 6.65. The van der Waals surface area contributed by atoms with Crippen LogP contribution in [0.2, 0.25) is 10.0 Å². The molecule has 27 heavy (non-hydrogen) atoms. The van der Waals surface area contributed by atoms with Crippen molar-refractivity contribution in [2.45, 2.75) is 13.2 Å². The number of hydrogen-bond acceptors (Lipinski definition) is 5. The Morgan fingerprint density at radius 1 is 1.00 bits per heavy atom. The molecule has 0 aliphatic heterocycles. The molecule has 6 nitrogen and oxygen atoms in total. The van der Waals surface area contributed by atoms with E-state index >= 15 is 0 Å². The van der Waals surface area contributed by atoms with Gasteiger partial charge in [-0.05, 0) is 24.3 Å². The summed E-state index contributed by atoms with van der Waals surface area (Å²) < 4.78 is 5.98. The van der Waals surface area contributed by atoms with E-state index in [1.807, 2.05) is 36.4 Å². The van der Waals surface area contributed by atoms with Crippen LogP contribution in [0.15, 0.2) is 55.1 Å². The van der Waals surface area contributed by atoms with Crippen molar-refractivity contribution in [3.8, 4) is 5.75 Å². The van der Waals surface area contributed by atoms with Gasteiger partial charge in [0.05, 0.1) is 6.33 Å². The van der Waals surface area contributed by atoms with Crippen LogP contribution < -0.4 is 10.1 Å². The topological polar surface area (TPSA) is 75.7 Å². The Bertz CT molecular complexity index is 1080. The lowest BCUT2D eigenvalue weighted by atomic mass is 10.2. The van der Waals surface area contributed by atoms with Gasteiger partial charge in [0.2, 0.25) is 0 Å². The molecule has 2 aromatic carbocycles. The molecule has 0 saturated heterocycles. The van der Waals surface area contributed by atoms with Gasteiger partial charge in [-0.15, -0.1) is 0 Å². The number of rotatable bonds is 6. The SMILES string of the molecule is Clc1ccc(OCc2ccccc2Cl)c(CNc2ncnc3nc[nH]c23)c1. The van der Waals surface area contributed by atoms with Crippen molar-refractivity contribution in [3.05, 3.63) is 76.3 Å². The number of ether oxygens (including phenoxy) is 1. The zero-order chi connectivity index (χ0) is 18.6. The zero-order valence-corrected chi connectivity index (χ0v) is 15.6. The summed E-state index contributed by atoms with van der Waals surface area (Å²) in [6.07, 6.45) is 3.06. The van der Waals surface area contributed by atoms with Gasteiger partial charge in [0.1, 0.15) is 24.2 Å². The summed E-state index contributed by atoms with van der Waals surface area (Å²) in [4.78, 5) is 15.5. The van der Waals surface area contributed by atoms with Crippen LogP contribution in [0, 0.1) is 0 Å². The first kappa shape index (κ1) is 17.6. The minimum atomic E-state index is 0.368. The van der Waals surface area contributed by atoms with E-state index < -0.39 is 0 Å². The fourth-order valence-corrected chi connectivity index (χ4v) is 3.06. The van der Waals surface area contributed by atoms with Crippen LogP contribution in [0.3, 0.4) is 0 Å². The Hall–Kier alpha value is -2.83. The molecule has 0 aliphatic carbocycles. The van der Waals surface area contributed by atoms with E-state index in [9.17, 15) is 0 Å². The maximum absolute atomic E-state index is 6.20. The number of hydrogen-bond donors (Lipinski definition) is 2. The second kappa shape index (κ2) is 7.82. The van der Waals surface area contributed by atoms with Gasteiger partial charge in [-0.1, -0.05) is 41.4 Å². The summed E-state index contributed by atoms with van der Waals surface area (Å²) in [5.74, 6) is 1.39. The molecule has 0 fully saturated rings. The zero-order valence-electron chi connectivity index (χ0n) is 14.1. The number of H-pyrrole nitrogens is 1. The molecule has 0 aliphatic rings. The van der Waals surface area contributed by atoms with Crippen LogP contribution in [0.5, 0.6) is 5.75 Å². The number of anilines is 1. The third-order valence-corrected chi connectivity index (χ3v) is 4.64. The van der Waals surface area contributed by atoms with Crippen LogP contribution in [0.1, 0.15) is 11.1 Å². The minimum Gasteiger partial charge on any atom is -0.488 e. The lowest BCUT2D eigenvalue weighted by molar-refractivity contribution is 0.303. The quantitative estimate of drug-likeness (QED) is 0.484. The molecule has 0 bridgehead atoms. The molecule has 0 amide bonds. The number of aromatic amines is 1. The van der Waals surface area contributed by atoms with E-state index in [0.29, 0.717) is 34.7 Å². The smallest absolute Gasteiger partial charge is 0.182 e. The monoisotopic (exact) mass is 399 g/mol. The Morgan fingerprint density at radius 3 is 2.78 bits per heavy atom. The standard InChI is InChI=1S/C19H15Cl2N5O/c20-14-5-6-16(27-9-12-3-1-2-4-15(12)21)13(7-14)8-22-18-17-19(24-10-23-17)26-11-25-18/h1-7,10-11H,8-9H2,(H2,22,23,24,25,26). The molecule has 136 valence electrons. The molecule has 4 aromatic rings. The summed E-state index contributed by atoms with van der Waals surface area (Å²) in [5.41, 5.74) is 3.18. The summed E-state index contributed by atoms with van der Waals surface area (Å²) >= 11 is 12.4. The first-order valence-electron chi connectivity index (χ1n) is 8.23. The maximum Gasteiger partial charge on any atom is 0.182 e. The molecule has 2 heterocycles. The number of aromatic nitrogens is 4. The van der Waals surface area contributed by atoms with Crippen LogP contribution in [-0.2, 0) is 13.2 Å². The van der Waals surface area contributed by atoms with Crippen molar-refractivity contribution in [1.82, 2.24) is 19.9 Å². The molecule has 4 rings (SSSR count). The number of fused-ring (bicyclic) bond motifs is 1. The van der Waals surface area contributed by atoms with Gasteiger partial charge >= 0.3 is 0 Å². The minimum absolute atomic E-state index is 0.368. The van der Waals surface area contributed by atoms with Gasteiger partial charge in [-0.3, -0.25) is 0 Å². The van der Waals surface area contributed by atoms with Crippen molar-refractivity contribution in [2.24, 2.45) is 0 Å². The molecule has 2 aromatic heterocycles. The molecule has 2 N–H and O–H groups in total. The third-order valence-electron chi connectivity index (χ3n) is 4.03. The highest BCUT2D eigenvalue weighted by molar-refractivity contribution is 6.31.